The molecule has 122 valence electrons. The van der Waals surface area contributed by atoms with Crippen LogP contribution < -0.4 is 4.72 Å². The van der Waals surface area contributed by atoms with Crippen LogP contribution in [0.3, 0.4) is 0 Å². The van der Waals surface area contributed by atoms with Gasteiger partial charge in [-0.1, -0.05) is 23.7 Å². The quantitative estimate of drug-likeness (QED) is 0.803. The van der Waals surface area contributed by atoms with Crippen LogP contribution in [0.4, 0.5) is 0 Å². The normalized spacial score (nSPS) is 11.2. The second-order valence-corrected chi connectivity index (χ2v) is 6.80. The minimum absolute atomic E-state index is 0.00705. The average molecular weight is 356 g/mol. The van der Waals surface area contributed by atoms with Crippen molar-refractivity contribution in [1.29, 1.82) is 0 Å². The molecule has 0 radical (unpaired) electrons. The lowest BCUT2D eigenvalue weighted by atomic mass is 10.2. The fourth-order valence-electron chi connectivity index (χ4n) is 1.87. The molecule has 0 bridgehead atoms. The molecule has 0 amide bonds. The maximum absolute atomic E-state index is 12.2. The first-order valence-electron chi connectivity index (χ1n) is 6.49. The summed E-state index contributed by atoms with van der Waals surface area (Å²) in [6.45, 7) is 0.00705. The standard InChI is InChI=1S/C15H14ClNO5S/c1-22-15(19)13-6-5-12(8-14(13)16)23(20,21)17-9-10-3-2-4-11(18)7-10/h2-8,17-18H,9H2,1H3. The number of hydrogen-bond donors (Lipinski definition) is 2. The van der Waals surface area contributed by atoms with Gasteiger partial charge in [0.15, 0.2) is 0 Å². The molecule has 0 atom stereocenters. The zero-order chi connectivity index (χ0) is 17.0. The summed E-state index contributed by atoms with van der Waals surface area (Å²) in [4.78, 5) is 11.4. The van der Waals surface area contributed by atoms with Crippen molar-refractivity contribution < 1.29 is 23.1 Å². The van der Waals surface area contributed by atoms with Gasteiger partial charge < -0.3 is 9.84 Å². The van der Waals surface area contributed by atoms with E-state index in [2.05, 4.69) is 9.46 Å². The lowest BCUT2D eigenvalue weighted by Crippen LogP contribution is -2.23. The number of phenols is 1. The van der Waals surface area contributed by atoms with Gasteiger partial charge in [-0.25, -0.2) is 17.9 Å². The summed E-state index contributed by atoms with van der Waals surface area (Å²) in [5, 5.41) is 9.35. The Morgan fingerprint density at radius 2 is 2.00 bits per heavy atom. The monoisotopic (exact) mass is 355 g/mol. The molecule has 0 fully saturated rings. The van der Waals surface area contributed by atoms with Crippen LogP contribution in [0.25, 0.3) is 0 Å². The average Bonchev–Trinajstić information content (AvgIpc) is 2.52. The van der Waals surface area contributed by atoms with Crippen LogP contribution >= 0.6 is 11.6 Å². The molecule has 2 aromatic rings. The van der Waals surface area contributed by atoms with E-state index < -0.39 is 16.0 Å². The van der Waals surface area contributed by atoms with E-state index in [1.807, 2.05) is 0 Å². The molecule has 0 aliphatic heterocycles. The molecule has 0 saturated carbocycles. The third kappa shape index (κ3) is 4.22. The van der Waals surface area contributed by atoms with Crippen LogP contribution in [0.5, 0.6) is 5.75 Å². The van der Waals surface area contributed by atoms with Gasteiger partial charge in [0, 0.05) is 6.54 Å². The summed E-state index contributed by atoms with van der Waals surface area (Å²) < 4.78 is 31.4. The van der Waals surface area contributed by atoms with Crippen LogP contribution in [-0.2, 0) is 21.3 Å². The third-order valence-corrected chi connectivity index (χ3v) is 4.74. The van der Waals surface area contributed by atoms with Crippen molar-refractivity contribution in [3.63, 3.8) is 0 Å². The number of carbonyl (C=O) groups is 1. The Labute approximate surface area is 138 Å². The Hall–Kier alpha value is -2.09. The first-order chi connectivity index (χ1) is 10.8. The highest BCUT2D eigenvalue weighted by Gasteiger charge is 2.18. The number of nitrogens with one attached hydrogen (secondary N) is 1. The number of aromatic hydroxyl groups is 1. The summed E-state index contributed by atoms with van der Waals surface area (Å²) in [5.74, 6) is -0.598. The van der Waals surface area contributed by atoms with Gasteiger partial charge in [-0.2, -0.15) is 0 Å². The molecule has 0 aliphatic carbocycles. The van der Waals surface area contributed by atoms with Gasteiger partial charge in [-0.15, -0.1) is 0 Å². The van der Waals surface area contributed by atoms with Gasteiger partial charge >= 0.3 is 5.97 Å². The Morgan fingerprint density at radius 3 is 2.61 bits per heavy atom. The molecule has 0 saturated heterocycles. The van der Waals surface area contributed by atoms with Crippen molar-refractivity contribution in [3.05, 3.63) is 58.6 Å². The van der Waals surface area contributed by atoms with E-state index in [0.29, 0.717) is 5.56 Å². The molecule has 6 nitrogen and oxygen atoms in total. The molecule has 2 N–H and O–H groups in total. The summed E-state index contributed by atoms with van der Waals surface area (Å²) >= 11 is 5.92. The Morgan fingerprint density at radius 1 is 1.26 bits per heavy atom. The van der Waals surface area contributed by atoms with Crippen LogP contribution in [0.1, 0.15) is 15.9 Å². The first kappa shape index (κ1) is 17.3. The molecule has 23 heavy (non-hydrogen) atoms. The topological polar surface area (TPSA) is 92.7 Å². The van der Waals surface area contributed by atoms with Crippen molar-refractivity contribution in [2.75, 3.05) is 7.11 Å². The number of phenolic OH excluding ortho intramolecular Hbond substituents is 1. The fraction of sp³-hybridized carbons (Fsp3) is 0.133. The number of methoxy groups -OCH3 is 1. The van der Waals surface area contributed by atoms with Crippen molar-refractivity contribution in [2.45, 2.75) is 11.4 Å². The molecular weight excluding hydrogens is 342 g/mol. The number of rotatable bonds is 5. The SMILES string of the molecule is COC(=O)c1ccc(S(=O)(=O)NCc2cccc(O)c2)cc1Cl. The van der Waals surface area contributed by atoms with Crippen molar-refractivity contribution in [1.82, 2.24) is 4.72 Å². The minimum Gasteiger partial charge on any atom is -0.508 e. The zero-order valence-corrected chi connectivity index (χ0v) is 13.7. The largest absolute Gasteiger partial charge is 0.508 e. The molecule has 0 aliphatic rings. The number of carbonyl (C=O) groups excluding carboxylic acids is 1. The van der Waals surface area contributed by atoms with Crippen molar-refractivity contribution >= 4 is 27.6 Å². The van der Waals surface area contributed by atoms with Gasteiger partial charge in [0.25, 0.3) is 0 Å². The Kier molecular flexibility index (Phi) is 5.25. The Bertz CT molecular complexity index is 836. The number of benzene rings is 2. The highest BCUT2D eigenvalue weighted by molar-refractivity contribution is 7.89. The van der Waals surface area contributed by atoms with Crippen LogP contribution in [0.2, 0.25) is 5.02 Å². The number of halogens is 1. The second-order valence-electron chi connectivity index (χ2n) is 4.63. The van der Waals surface area contributed by atoms with Crippen molar-refractivity contribution in [2.24, 2.45) is 0 Å². The number of ether oxygens (including phenoxy) is 1. The molecule has 2 rings (SSSR count). The van der Waals surface area contributed by atoms with Crippen LogP contribution in [0, 0.1) is 0 Å². The summed E-state index contributed by atoms with van der Waals surface area (Å²) in [6.07, 6.45) is 0. The second kappa shape index (κ2) is 6.99. The Balaban J connectivity index is 2.19. The predicted molar refractivity (Wildman–Crippen MR) is 84.9 cm³/mol. The highest BCUT2D eigenvalue weighted by Crippen LogP contribution is 2.22. The van der Waals surface area contributed by atoms with E-state index in [0.717, 1.165) is 0 Å². The summed E-state index contributed by atoms with van der Waals surface area (Å²) in [7, 11) is -2.60. The van der Waals surface area contributed by atoms with Gasteiger partial charge in [0.05, 0.1) is 22.6 Å². The van der Waals surface area contributed by atoms with Crippen molar-refractivity contribution in [3.8, 4) is 5.75 Å². The molecular formula is C15H14ClNO5S. The molecule has 0 spiro atoms. The molecule has 0 unspecified atom stereocenters. The summed E-state index contributed by atoms with van der Waals surface area (Å²) in [6, 6.07) is 9.97. The fourth-order valence-corrected chi connectivity index (χ4v) is 3.23. The van der Waals surface area contributed by atoms with E-state index in [1.54, 1.807) is 12.1 Å². The van der Waals surface area contributed by atoms with E-state index >= 15 is 0 Å². The summed E-state index contributed by atoms with van der Waals surface area (Å²) in [5.41, 5.74) is 0.687. The van der Waals surface area contributed by atoms with E-state index in [1.165, 1.54) is 37.4 Å². The zero-order valence-electron chi connectivity index (χ0n) is 12.1. The molecule has 0 aromatic heterocycles. The highest BCUT2D eigenvalue weighted by atomic mass is 35.5. The maximum atomic E-state index is 12.2. The number of esters is 1. The van der Waals surface area contributed by atoms with Crippen LogP contribution in [0.15, 0.2) is 47.4 Å². The lowest BCUT2D eigenvalue weighted by molar-refractivity contribution is 0.0601. The molecule has 8 heteroatoms. The van der Waals surface area contributed by atoms with Gasteiger partial charge in [-0.05, 0) is 35.9 Å². The maximum Gasteiger partial charge on any atom is 0.339 e. The first-order valence-corrected chi connectivity index (χ1v) is 8.35. The van der Waals surface area contributed by atoms with Gasteiger partial charge in [0.2, 0.25) is 10.0 Å². The number of sulfonamides is 1. The minimum atomic E-state index is -3.81. The number of hydrogen-bond acceptors (Lipinski definition) is 5. The molecule has 0 heterocycles. The van der Waals surface area contributed by atoms with E-state index in [-0.39, 0.29) is 27.8 Å². The van der Waals surface area contributed by atoms with Crippen LogP contribution in [-0.4, -0.2) is 26.6 Å². The van der Waals surface area contributed by atoms with Gasteiger partial charge in [-0.3, -0.25) is 0 Å². The van der Waals surface area contributed by atoms with Gasteiger partial charge in [0.1, 0.15) is 5.75 Å². The smallest absolute Gasteiger partial charge is 0.339 e. The van der Waals surface area contributed by atoms with E-state index in [4.69, 9.17) is 11.6 Å². The predicted octanol–water partition coefficient (Wildman–Crippen LogP) is 2.31. The third-order valence-electron chi connectivity index (χ3n) is 3.03. The lowest BCUT2D eigenvalue weighted by Gasteiger charge is -2.09. The molecule has 2 aromatic carbocycles. The van der Waals surface area contributed by atoms with E-state index in [9.17, 15) is 18.3 Å².